The second kappa shape index (κ2) is 9.28. The molecule has 0 aromatic heterocycles. The Kier molecular flexibility index (Phi) is 6.28. The Morgan fingerprint density at radius 1 is 0.875 bits per heavy atom. The SMILES string of the molecule is CCCOc1ccccc1N1C(=O)C(c2ccc(Cl)cc2)=C(N(C)c2ccccc2)C1=O. The van der Waals surface area contributed by atoms with Crippen molar-refractivity contribution in [2.75, 3.05) is 23.5 Å². The van der Waals surface area contributed by atoms with Crippen molar-refractivity contribution in [1.82, 2.24) is 0 Å². The van der Waals surface area contributed by atoms with E-state index in [2.05, 4.69) is 0 Å². The average molecular weight is 447 g/mol. The summed E-state index contributed by atoms with van der Waals surface area (Å²) in [5.74, 6) is -0.309. The molecule has 0 aliphatic carbocycles. The number of ether oxygens (including phenoxy) is 1. The molecule has 0 spiro atoms. The van der Waals surface area contributed by atoms with Gasteiger partial charge in [0, 0.05) is 17.8 Å². The highest BCUT2D eigenvalue weighted by atomic mass is 35.5. The third-order valence-electron chi connectivity index (χ3n) is 5.24. The van der Waals surface area contributed by atoms with Gasteiger partial charge in [0.15, 0.2) is 0 Å². The largest absolute Gasteiger partial charge is 0.491 e. The average Bonchev–Trinajstić information content (AvgIpc) is 3.08. The number of hydrogen-bond acceptors (Lipinski definition) is 4. The molecule has 162 valence electrons. The molecular weight excluding hydrogens is 424 g/mol. The van der Waals surface area contributed by atoms with E-state index >= 15 is 0 Å². The fourth-order valence-corrected chi connectivity index (χ4v) is 3.81. The van der Waals surface area contributed by atoms with Gasteiger partial charge in [0.1, 0.15) is 11.4 Å². The number of benzene rings is 3. The zero-order chi connectivity index (χ0) is 22.7. The Balaban J connectivity index is 1.85. The molecule has 1 aliphatic rings. The molecular formula is C26H23ClN2O3. The lowest BCUT2D eigenvalue weighted by Crippen LogP contribution is -2.34. The number of nitrogens with zero attached hydrogens (tertiary/aromatic N) is 2. The highest BCUT2D eigenvalue weighted by molar-refractivity contribution is 6.46. The molecule has 0 saturated carbocycles. The molecule has 3 aromatic rings. The highest BCUT2D eigenvalue weighted by Crippen LogP contribution is 2.39. The first-order valence-electron chi connectivity index (χ1n) is 10.4. The number of hydrogen-bond donors (Lipinski definition) is 0. The molecule has 0 atom stereocenters. The third kappa shape index (κ3) is 3.99. The fraction of sp³-hybridized carbons (Fsp3) is 0.154. The van der Waals surface area contributed by atoms with E-state index in [1.807, 2.05) is 43.3 Å². The second-order valence-corrected chi connectivity index (χ2v) is 7.82. The van der Waals surface area contributed by atoms with E-state index in [9.17, 15) is 9.59 Å². The maximum Gasteiger partial charge on any atom is 0.282 e. The molecule has 2 amide bonds. The molecule has 1 heterocycles. The number of carbonyl (C=O) groups is 2. The van der Waals surface area contributed by atoms with Crippen LogP contribution >= 0.6 is 11.6 Å². The van der Waals surface area contributed by atoms with Gasteiger partial charge in [0.2, 0.25) is 0 Å². The zero-order valence-electron chi connectivity index (χ0n) is 17.9. The summed E-state index contributed by atoms with van der Waals surface area (Å²) in [5, 5.41) is 0.555. The minimum atomic E-state index is -0.404. The van der Waals surface area contributed by atoms with Crippen molar-refractivity contribution in [3.8, 4) is 5.75 Å². The van der Waals surface area contributed by atoms with Gasteiger partial charge in [-0.25, -0.2) is 4.90 Å². The number of rotatable bonds is 7. The van der Waals surface area contributed by atoms with E-state index in [4.69, 9.17) is 16.3 Å². The summed E-state index contributed by atoms with van der Waals surface area (Å²) in [5.41, 5.74) is 2.48. The van der Waals surface area contributed by atoms with Crippen LogP contribution in [0.1, 0.15) is 18.9 Å². The number of imide groups is 1. The van der Waals surface area contributed by atoms with Crippen LogP contribution in [0.2, 0.25) is 5.02 Å². The van der Waals surface area contributed by atoms with Crippen LogP contribution in [0.5, 0.6) is 5.75 Å². The number of para-hydroxylation sites is 3. The molecule has 6 heteroatoms. The van der Waals surface area contributed by atoms with Crippen LogP contribution in [-0.2, 0) is 9.59 Å². The first-order valence-corrected chi connectivity index (χ1v) is 10.8. The van der Waals surface area contributed by atoms with Gasteiger partial charge in [0.25, 0.3) is 11.8 Å². The Morgan fingerprint density at radius 3 is 2.22 bits per heavy atom. The molecule has 3 aromatic carbocycles. The minimum absolute atomic E-state index is 0.300. The predicted molar refractivity (Wildman–Crippen MR) is 128 cm³/mol. The molecule has 4 rings (SSSR count). The highest BCUT2D eigenvalue weighted by Gasteiger charge is 2.43. The van der Waals surface area contributed by atoms with E-state index in [1.54, 1.807) is 54.4 Å². The maximum atomic E-state index is 13.7. The van der Waals surface area contributed by atoms with Gasteiger partial charge in [-0.3, -0.25) is 9.59 Å². The Labute approximate surface area is 192 Å². The molecule has 5 nitrogen and oxygen atoms in total. The summed E-state index contributed by atoms with van der Waals surface area (Å²) in [6, 6.07) is 23.5. The van der Waals surface area contributed by atoms with E-state index in [0.29, 0.717) is 39.9 Å². The van der Waals surface area contributed by atoms with Gasteiger partial charge in [-0.15, -0.1) is 0 Å². The molecule has 1 aliphatic heterocycles. The fourth-order valence-electron chi connectivity index (χ4n) is 3.68. The van der Waals surface area contributed by atoms with Crippen molar-refractivity contribution in [3.05, 3.63) is 95.1 Å². The molecule has 0 fully saturated rings. The lowest BCUT2D eigenvalue weighted by atomic mass is 10.0. The van der Waals surface area contributed by atoms with Gasteiger partial charge in [-0.05, 0) is 48.4 Å². The molecule has 0 unspecified atom stereocenters. The predicted octanol–water partition coefficient (Wildman–Crippen LogP) is 5.55. The van der Waals surface area contributed by atoms with Crippen LogP contribution in [0.4, 0.5) is 11.4 Å². The van der Waals surface area contributed by atoms with Crippen LogP contribution in [0.3, 0.4) is 0 Å². The van der Waals surface area contributed by atoms with Gasteiger partial charge in [-0.2, -0.15) is 0 Å². The summed E-state index contributed by atoms with van der Waals surface area (Å²) in [6.45, 7) is 2.49. The number of likely N-dealkylation sites (N-methyl/N-ethyl adjacent to an activating group) is 1. The lowest BCUT2D eigenvalue weighted by molar-refractivity contribution is -0.120. The molecule has 0 bridgehead atoms. The Morgan fingerprint density at radius 2 is 1.53 bits per heavy atom. The zero-order valence-corrected chi connectivity index (χ0v) is 18.7. The van der Waals surface area contributed by atoms with Crippen molar-refractivity contribution in [2.45, 2.75) is 13.3 Å². The van der Waals surface area contributed by atoms with E-state index in [1.165, 1.54) is 4.90 Å². The van der Waals surface area contributed by atoms with E-state index in [-0.39, 0.29) is 0 Å². The van der Waals surface area contributed by atoms with Crippen molar-refractivity contribution in [1.29, 1.82) is 0 Å². The van der Waals surface area contributed by atoms with E-state index < -0.39 is 11.8 Å². The summed E-state index contributed by atoms with van der Waals surface area (Å²) in [4.78, 5) is 30.4. The quantitative estimate of drug-likeness (QED) is 0.446. The van der Waals surface area contributed by atoms with Gasteiger partial charge in [-0.1, -0.05) is 61.0 Å². The molecule has 32 heavy (non-hydrogen) atoms. The van der Waals surface area contributed by atoms with Crippen molar-refractivity contribution in [3.63, 3.8) is 0 Å². The molecule has 0 N–H and O–H groups in total. The van der Waals surface area contributed by atoms with Crippen molar-refractivity contribution >= 4 is 40.4 Å². The van der Waals surface area contributed by atoms with Crippen LogP contribution < -0.4 is 14.5 Å². The van der Waals surface area contributed by atoms with Gasteiger partial charge in [0.05, 0.1) is 17.9 Å². The van der Waals surface area contributed by atoms with Crippen molar-refractivity contribution < 1.29 is 14.3 Å². The number of halogens is 1. The molecule has 0 saturated heterocycles. The van der Waals surface area contributed by atoms with Crippen LogP contribution in [0.15, 0.2) is 84.6 Å². The number of amides is 2. The van der Waals surface area contributed by atoms with Crippen LogP contribution in [-0.4, -0.2) is 25.5 Å². The second-order valence-electron chi connectivity index (χ2n) is 7.39. The van der Waals surface area contributed by atoms with Gasteiger partial charge >= 0.3 is 0 Å². The summed E-state index contributed by atoms with van der Waals surface area (Å²) in [6.07, 6.45) is 0.812. The Bertz CT molecular complexity index is 1170. The standard InChI is InChI=1S/C26H23ClN2O3/c1-3-17-32-22-12-8-7-11-21(22)29-25(30)23(18-13-15-19(27)16-14-18)24(26(29)31)28(2)20-9-5-4-6-10-20/h4-16H,3,17H2,1-2H3. The summed E-state index contributed by atoms with van der Waals surface area (Å²) in [7, 11) is 1.79. The summed E-state index contributed by atoms with van der Waals surface area (Å²) >= 11 is 6.07. The lowest BCUT2D eigenvalue weighted by Gasteiger charge is -2.22. The first kappa shape index (κ1) is 21.7. The third-order valence-corrected chi connectivity index (χ3v) is 5.49. The number of anilines is 2. The smallest absolute Gasteiger partial charge is 0.282 e. The first-order chi connectivity index (χ1) is 15.5. The maximum absolute atomic E-state index is 13.7. The van der Waals surface area contributed by atoms with Crippen LogP contribution in [0.25, 0.3) is 5.57 Å². The monoisotopic (exact) mass is 446 g/mol. The summed E-state index contributed by atoms with van der Waals surface area (Å²) < 4.78 is 5.84. The Hall–Kier alpha value is -3.57. The minimum Gasteiger partial charge on any atom is -0.491 e. The van der Waals surface area contributed by atoms with Crippen LogP contribution in [0, 0.1) is 0 Å². The molecule has 0 radical (unpaired) electrons. The van der Waals surface area contributed by atoms with Crippen molar-refractivity contribution in [2.24, 2.45) is 0 Å². The normalized spacial score (nSPS) is 13.7. The van der Waals surface area contributed by atoms with E-state index in [0.717, 1.165) is 12.1 Å². The topological polar surface area (TPSA) is 49.9 Å². The number of carbonyl (C=O) groups excluding carboxylic acids is 2. The van der Waals surface area contributed by atoms with Gasteiger partial charge < -0.3 is 9.64 Å².